The van der Waals surface area contributed by atoms with Gasteiger partial charge in [0.1, 0.15) is 0 Å². The molecule has 0 N–H and O–H groups in total. The normalized spacial score (nSPS) is 9.60. The summed E-state index contributed by atoms with van der Waals surface area (Å²) in [5, 5.41) is 0. The molecule has 12 heteroatoms. The Labute approximate surface area is 205 Å². The van der Waals surface area contributed by atoms with Crippen LogP contribution in [0.25, 0.3) is 0 Å². The lowest BCUT2D eigenvalue weighted by Crippen LogP contribution is -2.12. The average Bonchev–Trinajstić information content (AvgIpc) is 2.86. The summed E-state index contributed by atoms with van der Waals surface area (Å²) in [4.78, 5) is 65.5. The van der Waals surface area contributed by atoms with E-state index >= 15 is 0 Å². The van der Waals surface area contributed by atoms with Crippen molar-refractivity contribution in [3.63, 3.8) is 0 Å². The Morgan fingerprint density at radius 1 is 0.371 bits per heavy atom. The average molecular weight is 507 g/mol. The minimum absolute atomic E-state index is 0.147. The Balaban J connectivity index is 0. The predicted molar refractivity (Wildman–Crippen MR) is 121 cm³/mol. The number of hydrogen-bond acceptors (Lipinski definition) is 12. The second kappa shape index (κ2) is 24.0. The summed E-state index contributed by atoms with van der Waals surface area (Å²) < 4.78 is 27.3. The first-order valence-corrected chi connectivity index (χ1v) is 11.3. The van der Waals surface area contributed by atoms with E-state index in [1.165, 1.54) is 28.4 Å². The van der Waals surface area contributed by atoms with Crippen LogP contribution < -0.4 is 0 Å². The van der Waals surface area contributed by atoms with Gasteiger partial charge in [-0.1, -0.05) is 0 Å². The number of carbonyl (C=O) groups excluding carboxylic acids is 6. The molecule has 0 unspecified atom stereocenters. The van der Waals surface area contributed by atoms with Crippen molar-refractivity contribution >= 4 is 35.8 Å². The number of esters is 6. The van der Waals surface area contributed by atoms with E-state index in [0.29, 0.717) is 51.4 Å². The number of methoxy groups -OCH3 is 4. The van der Waals surface area contributed by atoms with Crippen molar-refractivity contribution in [2.24, 2.45) is 0 Å². The highest BCUT2D eigenvalue weighted by Gasteiger charge is 2.08. The van der Waals surface area contributed by atoms with Gasteiger partial charge in [-0.05, 0) is 38.5 Å². The Morgan fingerprint density at radius 3 is 0.771 bits per heavy atom. The highest BCUT2D eigenvalue weighted by molar-refractivity contribution is 5.72. The van der Waals surface area contributed by atoms with Crippen LogP contribution in [0.5, 0.6) is 0 Å². The largest absolute Gasteiger partial charge is 0.469 e. The maximum absolute atomic E-state index is 11.3. The number of hydrogen-bond donors (Lipinski definition) is 0. The maximum Gasteiger partial charge on any atom is 0.308 e. The fourth-order valence-electron chi connectivity index (χ4n) is 2.33. The molecule has 0 aromatic heterocycles. The van der Waals surface area contributed by atoms with Gasteiger partial charge in [-0.3, -0.25) is 28.8 Å². The molecule has 0 rings (SSSR count). The molecule has 0 saturated carbocycles. The van der Waals surface area contributed by atoms with Crippen molar-refractivity contribution in [1.82, 2.24) is 0 Å². The van der Waals surface area contributed by atoms with Crippen molar-refractivity contribution in [1.29, 1.82) is 0 Å². The molecule has 0 aliphatic carbocycles. The number of ether oxygens (including phenoxy) is 6. The number of carbonyl (C=O) groups is 6. The molecule has 0 radical (unpaired) electrons. The Bertz CT molecular complexity index is 590. The summed E-state index contributed by atoms with van der Waals surface area (Å²) in [6.45, 7) is -0.425. The summed E-state index contributed by atoms with van der Waals surface area (Å²) in [7, 11) is 5.31. The van der Waals surface area contributed by atoms with Crippen LogP contribution in [-0.4, -0.2) is 71.0 Å². The molecule has 0 saturated heterocycles. The zero-order valence-electron chi connectivity index (χ0n) is 21.1. The minimum Gasteiger partial charge on any atom is -0.469 e. The van der Waals surface area contributed by atoms with Gasteiger partial charge >= 0.3 is 35.8 Å². The van der Waals surface area contributed by atoms with E-state index in [0.717, 1.165) is 0 Å². The van der Waals surface area contributed by atoms with Crippen LogP contribution in [0.3, 0.4) is 0 Å². The van der Waals surface area contributed by atoms with Gasteiger partial charge < -0.3 is 28.4 Å². The van der Waals surface area contributed by atoms with Crippen LogP contribution in [-0.2, 0) is 57.2 Å². The molecule has 0 fully saturated rings. The van der Waals surface area contributed by atoms with E-state index < -0.39 is 18.7 Å². The summed E-state index contributed by atoms with van der Waals surface area (Å²) in [5.41, 5.74) is 0. The molecule has 0 aliphatic heterocycles. The minimum atomic E-state index is -0.492. The summed E-state index contributed by atoms with van der Waals surface area (Å²) in [5.74, 6) is -2.10. The van der Waals surface area contributed by atoms with Gasteiger partial charge in [-0.25, -0.2) is 0 Å². The summed E-state index contributed by atoms with van der Waals surface area (Å²) >= 11 is 0. The lowest BCUT2D eigenvalue weighted by Gasteiger charge is -2.06. The zero-order valence-corrected chi connectivity index (χ0v) is 21.1. The first-order chi connectivity index (χ1) is 16.7. The van der Waals surface area contributed by atoms with Crippen LogP contribution in [0.2, 0.25) is 0 Å². The van der Waals surface area contributed by atoms with E-state index in [1.54, 1.807) is 0 Å². The molecule has 35 heavy (non-hydrogen) atoms. The van der Waals surface area contributed by atoms with Crippen molar-refractivity contribution in [2.45, 2.75) is 77.0 Å². The maximum atomic E-state index is 11.3. The third-order valence-electron chi connectivity index (χ3n) is 4.39. The van der Waals surface area contributed by atoms with Gasteiger partial charge in [-0.15, -0.1) is 0 Å². The van der Waals surface area contributed by atoms with Crippen LogP contribution in [0, 0.1) is 0 Å². The molecule has 0 spiro atoms. The predicted octanol–water partition coefficient (Wildman–Crippen LogP) is 2.39. The van der Waals surface area contributed by atoms with Crippen LogP contribution in [0.4, 0.5) is 0 Å². The molecular weight excluding hydrogens is 468 g/mol. The molecule has 12 nitrogen and oxygen atoms in total. The molecule has 0 amide bonds. The number of unbranched alkanes of at least 4 members (excludes halogenated alkanes) is 3. The van der Waals surface area contributed by atoms with Crippen molar-refractivity contribution in [2.75, 3.05) is 35.2 Å². The van der Waals surface area contributed by atoms with Crippen LogP contribution >= 0.6 is 0 Å². The Morgan fingerprint density at radius 2 is 0.571 bits per heavy atom. The van der Waals surface area contributed by atoms with Crippen LogP contribution in [0.15, 0.2) is 0 Å². The third kappa shape index (κ3) is 25.3. The molecular formula is C23H38O12. The fourth-order valence-corrected chi connectivity index (χ4v) is 2.33. The highest BCUT2D eigenvalue weighted by Crippen LogP contribution is 2.05. The first-order valence-electron chi connectivity index (χ1n) is 11.3. The molecule has 0 atom stereocenters. The topological polar surface area (TPSA) is 158 Å². The van der Waals surface area contributed by atoms with E-state index in [-0.39, 0.29) is 49.6 Å². The lowest BCUT2D eigenvalue weighted by atomic mass is 10.2. The standard InChI is InChI=1S/C15H24O8.C8H14O4/c1-20-12(16)7-3-5-9-14(18)22-11-23-15(19)10-6-4-8-13(17)21-2;1-11-7(9)5-3-4-6-8(10)12-2/h3-11H2,1-2H3;3-6H2,1-2H3. The second-order valence-corrected chi connectivity index (χ2v) is 7.08. The molecule has 0 aliphatic rings. The highest BCUT2D eigenvalue weighted by atomic mass is 16.7. The Hall–Kier alpha value is -3.18. The molecule has 0 bridgehead atoms. The SMILES string of the molecule is COC(=O)CCCCC(=O)OC.COC(=O)CCCCC(=O)OCOC(=O)CCCCC(=O)OC. The van der Waals surface area contributed by atoms with E-state index in [4.69, 9.17) is 9.47 Å². The Kier molecular flexibility index (Phi) is 23.3. The van der Waals surface area contributed by atoms with Gasteiger partial charge in [0.25, 0.3) is 0 Å². The van der Waals surface area contributed by atoms with Gasteiger partial charge in [-0.2, -0.15) is 0 Å². The van der Waals surface area contributed by atoms with Gasteiger partial charge in [0, 0.05) is 38.5 Å². The fraction of sp³-hybridized carbons (Fsp3) is 0.739. The van der Waals surface area contributed by atoms with Gasteiger partial charge in [0.05, 0.1) is 28.4 Å². The van der Waals surface area contributed by atoms with Crippen molar-refractivity contribution in [3.05, 3.63) is 0 Å². The van der Waals surface area contributed by atoms with E-state index in [9.17, 15) is 28.8 Å². The van der Waals surface area contributed by atoms with Gasteiger partial charge in [0.15, 0.2) is 0 Å². The third-order valence-corrected chi connectivity index (χ3v) is 4.39. The lowest BCUT2D eigenvalue weighted by molar-refractivity contribution is -0.167. The molecule has 0 heterocycles. The second-order valence-electron chi connectivity index (χ2n) is 7.08. The zero-order chi connectivity index (χ0) is 26.9. The molecule has 0 aromatic carbocycles. The first kappa shape index (κ1) is 34.0. The quantitative estimate of drug-likeness (QED) is 0.123. The van der Waals surface area contributed by atoms with Crippen molar-refractivity contribution < 1.29 is 57.2 Å². The van der Waals surface area contributed by atoms with Gasteiger partial charge in [0.2, 0.25) is 6.79 Å². The van der Waals surface area contributed by atoms with E-state index in [1.807, 2.05) is 0 Å². The summed E-state index contributed by atoms with van der Waals surface area (Å²) in [6, 6.07) is 0. The van der Waals surface area contributed by atoms with Crippen LogP contribution in [0.1, 0.15) is 77.0 Å². The summed E-state index contributed by atoms with van der Waals surface area (Å²) in [6.07, 6.45) is 4.93. The van der Waals surface area contributed by atoms with E-state index in [2.05, 4.69) is 18.9 Å². The molecule has 0 aromatic rings. The monoisotopic (exact) mass is 506 g/mol. The molecule has 202 valence electrons. The van der Waals surface area contributed by atoms with Crippen molar-refractivity contribution in [3.8, 4) is 0 Å². The smallest absolute Gasteiger partial charge is 0.308 e. The number of rotatable bonds is 17.